The van der Waals surface area contributed by atoms with Crippen molar-refractivity contribution >= 4 is 43.6 Å². The summed E-state index contributed by atoms with van der Waals surface area (Å²) in [6.07, 6.45) is -4.66. The first-order chi connectivity index (χ1) is 35.3. The normalized spacial score (nSPS) is 14.2. The molecule has 8 heteroatoms. The van der Waals surface area contributed by atoms with Gasteiger partial charge in [-0.1, -0.05) is 179 Å². The van der Waals surface area contributed by atoms with E-state index in [-0.39, 0.29) is 22.2 Å². The highest BCUT2D eigenvalue weighted by atomic mass is 19.4. The van der Waals surface area contributed by atoms with Gasteiger partial charge in [0.2, 0.25) is 0 Å². The monoisotopic (exact) mass is 953 g/mol. The average molecular weight is 954 g/mol. The Bertz CT molecular complexity index is 4330. The largest absolute Gasteiger partial charge is 0.416 e. The van der Waals surface area contributed by atoms with Crippen LogP contribution in [0.5, 0.6) is 0 Å². The number of rotatable bonds is 5. The Morgan fingerprint density at radius 1 is 0.397 bits per heavy atom. The zero-order valence-corrected chi connectivity index (χ0v) is 40.8. The summed E-state index contributed by atoms with van der Waals surface area (Å²) in [7, 11) is 0. The van der Waals surface area contributed by atoms with Gasteiger partial charge in [0.15, 0.2) is 17.5 Å². The van der Waals surface area contributed by atoms with Gasteiger partial charge in [-0.25, -0.2) is 15.0 Å². The second kappa shape index (κ2) is 15.2. The quantitative estimate of drug-likeness (QED) is 0.173. The van der Waals surface area contributed by atoms with Crippen LogP contribution in [0.15, 0.2) is 188 Å². The van der Waals surface area contributed by atoms with E-state index in [4.69, 9.17) is 15.0 Å². The Balaban J connectivity index is 1.09. The summed E-state index contributed by atoms with van der Waals surface area (Å²) in [4.78, 5) is 15.8. The average Bonchev–Trinajstić information content (AvgIpc) is 4.08. The fourth-order valence-corrected chi connectivity index (χ4v) is 12.4. The molecule has 0 fully saturated rings. The van der Waals surface area contributed by atoms with Crippen molar-refractivity contribution in [1.82, 2.24) is 24.1 Å². The molecule has 0 saturated carbocycles. The molecule has 73 heavy (non-hydrogen) atoms. The standard InChI is InChI=1S/C65H46F3N5/c1-37-27-33-54(72-52-25-15-11-19-40(52)42-29-31-50-56(58(42)72)44-21-9-13-23-48(44)63(50,2)3)46(35-37)61-69-60(38-17-7-6-8-18-38)70-62(71-61)47-36-39(65(66,67)68)28-34-55(47)73-53-26-16-12-20-41(53)43-30-32-51-57(59(43)73)45-22-10-14-24-49(45)64(51,4)5/h6-36H,1-5H3. The van der Waals surface area contributed by atoms with Crippen LogP contribution in [0, 0.1) is 6.92 Å². The number of hydrogen-bond acceptors (Lipinski definition) is 3. The number of hydrogen-bond donors (Lipinski definition) is 0. The highest BCUT2D eigenvalue weighted by Crippen LogP contribution is 2.55. The van der Waals surface area contributed by atoms with Crippen molar-refractivity contribution in [1.29, 1.82) is 0 Å². The summed E-state index contributed by atoms with van der Waals surface area (Å²) >= 11 is 0. The lowest BCUT2D eigenvalue weighted by atomic mass is 9.82. The number of aromatic nitrogens is 5. The first-order valence-corrected chi connectivity index (χ1v) is 24.8. The molecule has 352 valence electrons. The van der Waals surface area contributed by atoms with E-state index in [1.54, 1.807) is 6.07 Å². The lowest BCUT2D eigenvalue weighted by molar-refractivity contribution is -0.137. The molecule has 0 aliphatic heterocycles. The SMILES string of the molecule is Cc1ccc(-n2c3ccccc3c3ccc4c(c32)-c2ccccc2C4(C)C)c(-c2nc(-c3ccccc3)nc(-c3cc(C(F)(F)F)ccc3-n3c4ccccc4c4ccc5c(c43)-c3ccccc3C5(C)C)n2)c1. The number of halogens is 3. The molecular formula is C65H46F3N5. The van der Waals surface area contributed by atoms with Crippen LogP contribution in [0.4, 0.5) is 13.2 Å². The molecule has 0 atom stereocenters. The Labute approximate surface area is 419 Å². The third-order valence-corrected chi connectivity index (χ3v) is 15.9. The van der Waals surface area contributed by atoms with E-state index in [1.807, 2.05) is 55.5 Å². The van der Waals surface area contributed by atoms with Crippen LogP contribution in [0.3, 0.4) is 0 Å². The van der Waals surface area contributed by atoms with Gasteiger partial charge in [-0.3, -0.25) is 0 Å². The molecule has 0 saturated heterocycles. The number of aryl methyl sites for hydroxylation is 1. The number of alkyl halides is 3. The number of benzene rings is 9. The fourth-order valence-electron chi connectivity index (χ4n) is 12.4. The molecule has 0 radical (unpaired) electrons. The van der Waals surface area contributed by atoms with Crippen molar-refractivity contribution in [2.24, 2.45) is 0 Å². The van der Waals surface area contributed by atoms with Gasteiger partial charge < -0.3 is 9.13 Å². The molecular weight excluding hydrogens is 908 g/mol. The molecule has 2 aliphatic rings. The summed E-state index contributed by atoms with van der Waals surface area (Å²) in [5.41, 5.74) is 15.9. The van der Waals surface area contributed by atoms with E-state index < -0.39 is 11.7 Å². The summed E-state index contributed by atoms with van der Waals surface area (Å²) in [6.45, 7) is 11.1. The van der Waals surface area contributed by atoms with E-state index in [1.165, 1.54) is 39.9 Å². The van der Waals surface area contributed by atoms with Crippen LogP contribution in [-0.2, 0) is 17.0 Å². The van der Waals surface area contributed by atoms with E-state index in [2.05, 4.69) is 158 Å². The molecule has 3 heterocycles. The first kappa shape index (κ1) is 43.2. The van der Waals surface area contributed by atoms with Crippen LogP contribution >= 0.6 is 0 Å². The smallest absolute Gasteiger partial charge is 0.308 e. The topological polar surface area (TPSA) is 48.5 Å². The second-order valence-electron chi connectivity index (χ2n) is 20.7. The Morgan fingerprint density at radius 3 is 1.38 bits per heavy atom. The molecule has 5 nitrogen and oxygen atoms in total. The molecule has 3 aromatic heterocycles. The van der Waals surface area contributed by atoms with Crippen molar-refractivity contribution in [3.63, 3.8) is 0 Å². The van der Waals surface area contributed by atoms with Gasteiger partial charge in [-0.2, -0.15) is 13.2 Å². The zero-order valence-electron chi connectivity index (χ0n) is 40.8. The van der Waals surface area contributed by atoms with Gasteiger partial charge >= 0.3 is 6.18 Å². The molecule has 12 aromatic rings. The molecule has 0 bridgehead atoms. The summed E-state index contributed by atoms with van der Waals surface area (Å²) in [6, 6.07) is 62.6. The van der Waals surface area contributed by atoms with Gasteiger partial charge in [0, 0.05) is 60.2 Å². The molecule has 0 unspecified atom stereocenters. The van der Waals surface area contributed by atoms with Gasteiger partial charge in [-0.15, -0.1) is 0 Å². The molecule has 0 N–H and O–H groups in total. The maximum atomic E-state index is 15.3. The lowest BCUT2D eigenvalue weighted by Gasteiger charge is -2.22. The maximum absolute atomic E-state index is 15.3. The summed E-state index contributed by atoms with van der Waals surface area (Å²) in [5, 5.41) is 4.21. The summed E-state index contributed by atoms with van der Waals surface area (Å²) < 4.78 is 50.3. The van der Waals surface area contributed by atoms with Gasteiger partial charge in [-0.05, 0) is 82.8 Å². The number of para-hydroxylation sites is 2. The zero-order chi connectivity index (χ0) is 49.7. The van der Waals surface area contributed by atoms with Crippen molar-refractivity contribution in [3.8, 4) is 67.8 Å². The second-order valence-corrected chi connectivity index (χ2v) is 20.7. The minimum Gasteiger partial charge on any atom is -0.308 e. The van der Waals surface area contributed by atoms with Crippen LogP contribution < -0.4 is 0 Å². The van der Waals surface area contributed by atoms with E-state index in [0.717, 1.165) is 71.6 Å². The third kappa shape index (κ3) is 6.13. The van der Waals surface area contributed by atoms with E-state index >= 15 is 13.2 Å². The number of nitrogens with zero attached hydrogens (tertiary/aromatic N) is 5. The summed E-state index contributed by atoms with van der Waals surface area (Å²) in [5.74, 6) is 0.799. The molecule has 9 aromatic carbocycles. The maximum Gasteiger partial charge on any atom is 0.416 e. The third-order valence-electron chi connectivity index (χ3n) is 15.9. The fraction of sp³-hybridized carbons (Fsp3) is 0.123. The van der Waals surface area contributed by atoms with Crippen LogP contribution in [-0.4, -0.2) is 24.1 Å². The molecule has 0 amide bonds. The van der Waals surface area contributed by atoms with Gasteiger partial charge in [0.05, 0.1) is 39.0 Å². The molecule has 14 rings (SSSR count). The predicted molar refractivity (Wildman–Crippen MR) is 290 cm³/mol. The Morgan fingerprint density at radius 2 is 0.849 bits per heavy atom. The van der Waals surface area contributed by atoms with Gasteiger partial charge in [0.1, 0.15) is 0 Å². The van der Waals surface area contributed by atoms with Crippen molar-refractivity contribution < 1.29 is 13.2 Å². The highest BCUT2D eigenvalue weighted by molar-refractivity contribution is 6.17. The number of fused-ring (bicyclic) bond motifs is 14. The van der Waals surface area contributed by atoms with Crippen molar-refractivity contribution in [2.45, 2.75) is 51.6 Å². The van der Waals surface area contributed by atoms with Crippen LogP contribution in [0.25, 0.3) is 111 Å². The minimum absolute atomic E-state index is 0.121. The van der Waals surface area contributed by atoms with Crippen LogP contribution in [0.2, 0.25) is 0 Å². The van der Waals surface area contributed by atoms with E-state index in [0.29, 0.717) is 28.5 Å². The minimum atomic E-state index is -4.66. The van der Waals surface area contributed by atoms with Crippen LogP contribution in [0.1, 0.15) is 61.1 Å². The lowest BCUT2D eigenvalue weighted by Crippen LogP contribution is -2.14. The predicted octanol–water partition coefficient (Wildman–Crippen LogP) is 17.0. The van der Waals surface area contributed by atoms with Crippen molar-refractivity contribution in [2.75, 3.05) is 0 Å². The van der Waals surface area contributed by atoms with Gasteiger partial charge in [0.25, 0.3) is 0 Å². The Hall–Kier alpha value is -8.62. The van der Waals surface area contributed by atoms with Crippen molar-refractivity contribution in [3.05, 3.63) is 221 Å². The first-order valence-electron chi connectivity index (χ1n) is 24.8. The Kier molecular flexibility index (Phi) is 8.99. The highest BCUT2D eigenvalue weighted by Gasteiger charge is 2.40. The molecule has 2 aliphatic carbocycles. The van der Waals surface area contributed by atoms with E-state index in [9.17, 15) is 0 Å². The molecule has 0 spiro atoms.